The van der Waals surface area contributed by atoms with Crippen LogP contribution in [0.2, 0.25) is 0 Å². The quantitative estimate of drug-likeness (QED) is 0.652. The zero-order valence-electron chi connectivity index (χ0n) is 7.17. The standard InChI is InChI=1S/C8H16O3/c1-8(2)10-6-4-7(11-8)3-5-9/h7,9H,3-6H2,1-2H3. The summed E-state index contributed by atoms with van der Waals surface area (Å²) in [5.74, 6) is -0.460. The summed E-state index contributed by atoms with van der Waals surface area (Å²) in [4.78, 5) is 0. The van der Waals surface area contributed by atoms with Crippen LogP contribution in [0.1, 0.15) is 26.7 Å². The molecule has 1 N–H and O–H groups in total. The number of hydrogen-bond acceptors (Lipinski definition) is 3. The van der Waals surface area contributed by atoms with Crippen LogP contribution < -0.4 is 0 Å². The Morgan fingerprint density at radius 3 is 2.82 bits per heavy atom. The molecule has 1 rings (SSSR count). The van der Waals surface area contributed by atoms with Gasteiger partial charge < -0.3 is 14.6 Å². The third-order valence-corrected chi connectivity index (χ3v) is 1.79. The Hall–Kier alpha value is -0.120. The fourth-order valence-corrected chi connectivity index (χ4v) is 1.28. The average molecular weight is 160 g/mol. The van der Waals surface area contributed by atoms with Gasteiger partial charge in [0.1, 0.15) is 0 Å². The molecule has 1 unspecified atom stereocenters. The summed E-state index contributed by atoms with van der Waals surface area (Å²) in [6.45, 7) is 4.73. The smallest absolute Gasteiger partial charge is 0.163 e. The number of rotatable bonds is 2. The fraction of sp³-hybridized carbons (Fsp3) is 1.00. The molecule has 1 atom stereocenters. The largest absolute Gasteiger partial charge is 0.396 e. The van der Waals surface area contributed by atoms with Crippen molar-refractivity contribution >= 4 is 0 Å². The van der Waals surface area contributed by atoms with E-state index in [1.54, 1.807) is 0 Å². The van der Waals surface area contributed by atoms with Crippen molar-refractivity contribution in [3.63, 3.8) is 0 Å². The van der Waals surface area contributed by atoms with E-state index >= 15 is 0 Å². The van der Waals surface area contributed by atoms with Crippen LogP contribution in [0.4, 0.5) is 0 Å². The summed E-state index contributed by atoms with van der Waals surface area (Å²) in [5.41, 5.74) is 0. The summed E-state index contributed by atoms with van der Waals surface area (Å²) in [6, 6.07) is 0. The van der Waals surface area contributed by atoms with Crippen molar-refractivity contribution < 1.29 is 14.6 Å². The third kappa shape index (κ3) is 2.77. The van der Waals surface area contributed by atoms with Crippen LogP contribution in [0.25, 0.3) is 0 Å². The molecule has 66 valence electrons. The second-order valence-electron chi connectivity index (χ2n) is 3.29. The van der Waals surface area contributed by atoms with Gasteiger partial charge in [-0.3, -0.25) is 0 Å². The molecule has 0 saturated carbocycles. The first-order valence-electron chi connectivity index (χ1n) is 4.07. The SMILES string of the molecule is CC1(C)OCCC(CCO)O1. The molecule has 1 saturated heterocycles. The van der Waals surface area contributed by atoms with Gasteiger partial charge in [-0.15, -0.1) is 0 Å². The Morgan fingerprint density at radius 1 is 1.55 bits per heavy atom. The van der Waals surface area contributed by atoms with E-state index in [4.69, 9.17) is 14.6 Å². The summed E-state index contributed by atoms with van der Waals surface area (Å²) < 4.78 is 10.9. The number of aliphatic hydroxyl groups is 1. The summed E-state index contributed by atoms with van der Waals surface area (Å²) in [6.07, 6.45) is 1.78. The van der Waals surface area contributed by atoms with Crippen molar-refractivity contribution in [3.05, 3.63) is 0 Å². The van der Waals surface area contributed by atoms with Crippen LogP contribution in [0.3, 0.4) is 0 Å². The van der Waals surface area contributed by atoms with Crippen LogP contribution in [-0.4, -0.2) is 30.2 Å². The minimum Gasteiger partial charge on any atom is -0.396 e. The van der Waals surface area contributed by atoms with Crippen LogP contribution in [0.15, 0.2) is 0 Å². The molecule has 0 aromatic heterocycles. The van der Waals surface area contributed by atoms with Crippen LogP contribution in [0.5, 0.6) is 0 Å². The van der Waals surface area contributed by atoms with E-state index in [2.05, 4.69) is 0 Å². The van der Waals surface area contributed by atoms with Crippen molar-refractivity contribution in [2.45, 2.75) is 38.6 Å². The van der Waals surface area contributed by atoms with Crippen LogP contribution >= 0.6 is 0 Å². The number of aliphatic hydroxyl groups excluding tert-OH is 1. The van der Waals surface area contributed by atoms with Gasteiger partial charge >= 0.3 is 0 Å². The summed E-state index contributed by atoms with van der Waals surface area (Å²) >= 11 is 0. The van der Waals surface area contributed by atoms with E-state index in [1.807, 2.05) is 13.8 Å². The van der Waals surface area contributed by atoms with Crippen molar-refractivity contribution in [1.82, 2.24) is 0 Å². The van der Waals surface area contributed by atoms with Gasteiger partial charge in [0.25, 0.3) is 0 Å². The highest BCUT2D eigenvalue weighted by molar-refractivity contribution is 4.68. The van der Waals surface area contributed by atoms with Gasteiger partial charge in [-0.2, -0.15) is 0 Å². The average Bonchev–Trinajstić information content (AvgIpc) is 1.85. The zero-order valence-corrected chi connectivity index (χ0v) is 7.17. The topological polar surface area (TPSA) is 38.7 Å². The van der Waals surface area contributed by atoms with Crippen molar-refractivity contribution in [2.75, 3.05) is 13.2 Å². The molecule has 0 aromatic rings. The van der Waals surface area contributed by atoms with Crippen molar-refractivity contribution in [2.24, 2.45) is 0 Å². The van der Waals surface area contributed by atoms with E-state index < -0.39 is 5.79 Å². The second kappa shape index (κ2) is 3.52. The first kappa shape index (κ1) is 8.97. The van der Waals surface area contributed by atoms with Gasteiger partial charge in [-0.05, 0) is 26.7 Å². The van der Waals surface area contributed by atoms with Gasteiger partial charge in [-0.25, -0.2) is 0 Å². The normalized spacial score (nSPS) is 30.3. The first-order chi connectivity index (χ1) is 5.14. The number of ether oxygens (including phenoxy) is 2. The molecule has 0 bridgehead atoms. The van der Waals surface area contributed by atoms with Crippen molar-refractivity contribution in [3.8, 4) is 0 Å². The molecule has 3 nitrogen and oxygen atoms in total. The van der Waals surface area contributed by atoms with E-state index in [0.29, 0.717) is 6.42 Å². The second-order valence-corrected chi connectivity index (χ2v) is 3.29. The Labute approximate surface area is 67.3 Å². The molecule has 1 aliphatic rings. The van der Waals surface area contributed by atoms with Gasteiger partial charge in [0.15, 0.2) is 5.79 Å². The van der Waals surface area contributed by atoms with E-state index in [1.165, 1.54) is 0 Å². The molecule has 0 radical (unpaired) electrons. The lowest BCUT2D eigenvalue weighted by Gasteiger charge is -2.35. The predicted octanol–water partition coefficient (Wildman–Crippen LogP) is 0.910. The van der Waals surface area contributed by atoms with E-state index in [0.717, 1.165) is 13.0 Å². The number of hydrogen-bond donors (Lipinski definition) is 1. The monoisotopic (exact) mass is 160 g/mol. The highest BCUT2D eigenvalue weighted by Crippen LogP contribution is 2.23. The maximum absolute atomic E-state index is 8.67. The lowest BCUT2D eigenvalue weighted by Crippen LogP contribution is -2.40. The van der Waals surface area contributed by atoms with Crippen LogP contribution in [-0.2, 0) is 9.47 Å². The molecule has 0 aromatic carbocycles. The molecule has 3 heteroatoms. The first-order valence-corrected chi connectivity index (χ1v) is 4.07. The minimum atomic E-state index is -0.460. The van der Waals surface area contributed by atoms with E-state index in [-0.39, 0.29) is 12.7 Å². The van der Waals surface area contributed by atoms with Crippen molar-refractivity contribution in [1.29, 1.82) is 0 Å². The van der Waals surface area contributed by atoms with Gasteiger partial charge in [0, 0.05) is 6.61 Å². The summed E-state index contributed by atoms with van der Waals surface area (Å²) in [7, 11) is 0. The molecule has 0 aliphatic carbocycles. The van der Waals surface area contributed by atoms with E-state index in [9.17, 15) is 0 Å². The maximum atomic E-state index is 8.67. The lowest BCUT2D eigenvalue weighted by molar-refractivity contribution is -0.274. The Kier molecular flexibility index (Phi) is 2.87. The van der Waals surface area contributed by atoms with Crippen LogP contribution in [0, 0.1) is 0 Å². The molecule has 0 spiro atoms. The van der Waals surface area contributed by atoms with Gasteiger partial charge in [-0.1, -0.05) is 0 Å². The molecule has 1 fully saturated rings. The maximum Gasteiger partial charge on any atom is 0.163 e. The Balaban J connectivity index is 2.34. The highest BCUT2D eigenvalue weighted by Gasteiger charge is 2.28. The zero-order chi connectivity index (χ0) is 8.32. The molecular weight excluding hydrogens is 144 g/mol. The third-order valence-electron chi connectivity index (χ3n) is 1.79. The molecule has 1 aliphatic heterocycles. The summed E-state index contributed by atoms with van der Waals surface area (Å²) in [5, 5.41) is 8.67. The lowest BCUT2D eigenvalue weighted by atomic mass is 10.1. The van der Waals surface area contributed by atoms with Gasteiger partial charge in [0.05, 0.1) is 12.7 Å². The Bertz CT molecular complexity index is 121. The van der Waals surface area contributed by atoms with Gasteiger partial charge in [0.2, 0.25) is 0 Å². The fourth-order valence-electron chi connectivity index (χ4n) is 1.28. The molecular formula is C8H16O3. The molecule has 0 amide bonds. The minimum absolute atomic E-state index is 0.170. The predicted molar refractivity (Wildman–Crippen MR) is 41.2 cm³/mol. The molecule has 11 heavy (non-hydrogen) atoms. The molecule has 1 heterocycles. The highest BCUT2D eigenvalue weighted by atomic mass is 16.7. The Morgan fingerprint density at radius 2 is 2.27 bits per heavy atom.